The molecule has 0 radical (unpaired) electrons. The Labute approximate surface area is 80.5 Å². The fourth-order valence-corrected chi connectivity index (χ4v) is 1.36. The molecule has 0 N–H and O–H groups in total. The minimum Gasteiger partial charge on any atom is -0.205 e. The zero-order valence-corrected chi connectivity index (χ0v) is 8.02. The molecule has 0 nitrogen and oxygen atoms in total. The quantitative estimate of drug-likeness (QED) is 0.411. The van der Waals surface area contributed by atoms with Gasteiger partial charge in [0.25, 0.3) is 0 Å². The summed E-state index contributed by atoms with van der Waals surface area (Å²) in [4.78, 5) is 0. The Hall–Kier alpha value is -0.220. The van der Waals surface area contributed by atoms with Crippen molar-refractivity contribution < 1.29 is 13.2 Å². The lowest BCUT2D eigenvalue weighted by molar-refractivity contribution is 0.484. The summed E-state index contributed by atoms with van der Waals surface area (Å²) in [5.74, 6) is -3.40. The molecule has 0 heterocycles. The molecule has 1 aromatic carbocycles. The van der Waals surface area contributed by atoms with E-state index >= 15 is 0 Å². The largest absolute Gasteiger partial charge is 0.205 e. The molecule has 0 spiro atoms. The molecule has 0 amide bonds. The van der Waals surface area contributed by atoms with Crippen molar-refractivity contribution >= 4 is 27.5 Å². The van der Waals surface area contributed by atoms with E-state index in [2.05, 4.69) is 15.9 Å². The van der Waals surface area contributed by atoms with Crippen molar-refractivity contribution in [2.45, 2.75) is 5.88 Å². The Morgan fingerprint density at radius 1 is 1.25 bits per heavy atom. The lowest BCUT2D eigenvalue weighted by Crippen LogP contribution is -1.95. The van der Waals surface area contributed by atoms with Crippen molar-refractivity contribution in [2.24, 2.45) is 0 Å². The van der Waals surface area contributed by atoms with Gasteiger partial charge in [0.05, 0.1) is 10.4 Å². The van der Waals surface area contributed by atoms with Crippen molar-refractivity contribution in [3.05, 3.63) is 33.6 Å². The maximum atomic E-state index is 12.9. The van der Waals surface area contributed by atoms with Crippen molar-refractivity contribution in [1.29, 1.82) is 0 Å². The maximum Gasteiger partial charge on any atom is 0.175 e. The minimum atomic E-state index is -1.23. The monoisotopic (exact) mass is 258 g/mol. The highest BCUT2D eigenvalue weighted by Crippen LogP contribution is 2.25. The lowest BCUT2D eigenvalue weighted by atomic mass is 10.2. The van der Waals surface area contributed by atoms with Crippen LogP contribution < -0.4 is 0 Å². The van der Waals surface area contributed by atoms with Gasteiger partial charge < -0.3 is 0 Å². The Balaban J connectivity index is 3.39. The lowest BCUT2D eigenvalue weighted by Gasteiger charge is -2.02. The molecule has 0 aliphatic rings. The van der Waals surface area contributed by atoms with Gasteiger partial charge in [-0.1, -0.05) is 0 Å². The molecule has 66 valence electrons. The molecule has 0 atom stereocenters. The van der Waals surface area contributed by atoms with Crippen molar-refractivity contribution in [2.75, 3.05) is 0 Å². The van der Waals surface area contributed by atoms with Crippen LogP contribution in [0.25, 0.3) is 0 Å². The van der Waals surface area contributed by atoms with Gasteiger partial charge in [0.2, 0.25) is 0 Å². The van der Waals surface area contributed by atoms with Crippen LogP contribution in [0.15, 0.2) is 10.5 Å². The average molecular weight is 259 g/mol. The van der Waals surface area contributed by atoms with E-state index in [1.807, 2.05) is 0 Å². The molecule has 0 aliphatic carbocycles. The minimum absolute atomic E-state index is 0.0672. The molecule has 5 heteroatoms. The van der Waals surface area contributed by atoms with E-state index in [1.54, 1.807) is 0 Å². The van der Waals surface area contributed by atoms with Gasteiger partial charge in [-0.15, -0.1) is 11.6 Å². The molecule has 0 fully saturated rings. The van der Waals surface area contributed by atoms with Gasteiger partial charge in [0.15, 0.2) is 11.6 Å². The van der Waals surface area contributed by atoms with Gasteiger partial charge >= 0.3 is 0 Å². The number of rotatable bonds is 1. The SMILES string of the molecule is Fc1cc(CCl)c(F)c(Br)c1F. The van der Waals surface area contributed by atoms with Gasteiger partial charge in [-0.25, -0.2) is 13.2 Å². The number of hydrogen-bond acceptors (Lipinski definition) is 0. The van der Waals surface area contributed by atoms with E-state index in [1.165, 1.54) is 0 Å². The Bertz CT molecular complexity index is 314. The van der Waals surface area contributed by atoms with Crippen LogP contribution in [0.4, 0.5) is 13.2 Å². The van der Waals surface area contributed by atoms with Gasteiger partial charge in [-0.05, 0) is 22.0 Å². The van der Waals surface area contributed by atoms with Crippen molar-refractivity contribution in [3.63, 3.8) is 0 Å². The maximum absolute atomic E-state index is 12.9. The molecule has 0 unspecified atom stereocenters. The molecule has 1 rings (SSSR count). The van der Waals surface area contributed by atoms with Crippen LogP contribution >= 0.6 is 27.5 Å². The summed E-state index contributed by atoms with van der Waals surface area (Å²) >= 11 is 7.85. The van der Waals surface area contributed by atoms with Crippen molar-refractivity contribution in [3.8, 4) is 0 Å². The summed E-state index contributed by atoms with van der Waals surface area (Å²) in [6, 6.07) is 0.739. The van der Waals surface area contributed by atoms with Gasteiger partial charge in [-0.3, -0.25) is 0 Å². The number of hydrogen-bond donors (Lipinski definition) is 0. The zero-order chi connectivity index (χ0) is 9.30. The normalized spacial score (nSPS) is 10.4. The third-order valence-corrected chi connectivity index (χ3v) is 2.31. The summed E-state index contributed by atoms with van der Waals surface area (Å²) in [5.41, 5.74) is -0.0672. The first-order chi connectivity index (χ1) is 5.57. The van der Waals surface area contributed by atoms with E-state index in [4.69, 9.17) is 11.6 Å². The average Bonchev–Trinajstić information content (AvgIpc) is 2.08. The molecule has 0 aliphatic heterocycles. The summed E-state index contributed by atoms with van der Waals surface area (Å²) in [7, 11) is 0. The predicted molar refractivity (Wildman–Crippen MR) is 43.6 cm³/mol. The Morgan fingerprint density at radius 3 is 2.33 bits per heavy atom. The summed E-state index contributed by atoms with van der Waals surface area (Å²) in [6.45, 7) is 0. The van der Waals surface area contributed by atoms with Gasteiger partial charge in [0.1, 0.15) is 5.82 Å². The van der Waals surface area contributed by atoms with Crippen LogP contribution in [-0.4, -0.2) is 0 Å². The van der Waals surface area contributed by atoms with Crippen LogP contribution in [0.3, 0.4) is 0 Å². The number of alkyl halides is 1. The smallest absolute Gasteiger partial charge is 0.175 e. The number of halogens is 5. The van der Waals surface area contributed by atoms with Crippen LogP contribution in [0.1, 0.15) is 5.56 Å². The topological polar surface area (TPSA) is 0 Å². The molecule has 12 heavy (non-hydrogen) atoms. The first-order valence-corrected chi connectivity index (χ1v) is 4.28. The Kier molecular flexibility index (Phi) is 3.01. The second-order valence-corrected chi connectivity index (χ2v) is 3.15. The second kappa shape index (κ2) is 3.66. The fraction of sp³-hybridized carbons (Fsp3) is 0.143. The molecular formula is C7H3BrClF3. The molecule has 0 bridgehead atoms. The standard InChI is InChI=1S/C7H3BrClF3/c8-5-6(11)3(2-9)1-4(10)7(5)12/h1H,2H2. The molecule has 0 aromatic heterocycles. The highest BCUT2D eigenvalue weighted by molar-refractivity contribution is 9.10. The second-order valence-electron chi connectivity index (χ2n) is 2.09. The van der Waals surface area contributed by atoms with E-state index in [0.717, 1.165) is 6.07 Å². The highest BCUT2D eigenvalue weighted by Gasteiger charge is 2.15. The van der Waals surface area contributed by atoms with Crippen LogP contribution in [-0.2, 0) is 5.88 Å². The first-order valence-electron chi connectivity index (χ1n) is 2.95. The van der Waals surface area contributed by atoms with E-state index in [-0.39, 0.29) is 11.4 Å². The molecule has 1 aromatic rings. The fourth-order valence-electron chi connectivity index (χ4n) is 0.719. The summed E-state index contributed by atoms with van der Waals surface area (Å²) < 4.78 is 37.6. The highest BCUT2D eigenvalue weighted by atomic mass is 79.9. The van der Waals surface area contributed by atoms with Gasteiger partial charge in [-0.2, -0.15) is 0 Å². The molecular weight excluding hydrogens is 256 g/mol. The number of benzene rings is 1. The molecule has 0 saturated heterocycles. The zero-order valence-electron chi connectivity index (χ0n) is 5.67. The molecule has 0 saturated carbocycles. The summed E-state index contributed by atoms with van der Waals surface area (Å²) in [6.07, 6.45) is 0. The Morgan fingerprint density at radius 2 is 1.83 bits per heavy atom. The third kappa shape index (κ3) is 1.59. The van der Waals surface area contributed by atoms with E-state index < -0.39 is 21.9 Å². The predicted octanol–water partition coefficient (Wildman–Crippen LogP) is 3.61. The van der Waals surface area contributed by atoms with Crippen molar-refractivity contribution in [1.82, 2.24) is 0 Å². The third-order valence-electron chi connectivity index (χ3n) is 1.32. The van der Waals surface area contributed by atoms with E-state index in [0.29, 0.717) is 0 Å². The van der Waals surface area contributed by atoms with Gasteiger partial charge in [0, 0.05) is 5.56 Å². The van der Waals surface area contributed by atoms with E-state index in [9.17, 15) is 13.2 Å². The van der Waals surface area contributed by atoms with Crippen LogP contribution in [0.5, 0.6) is 0 Å². The summed E-state index contributed by atoms with van der Waals surface area (Å²) in [5, 5.41) is 0. The van der Waals surface area contributed by atoms with Crippen LogP contribution in [0.2, 0.25) is 0 Å². The van der Waals surface area contributed by atoms with Crippen LogP contribution in [0, 0.1) is 17.5 Å². The first kappa shape index (κ1) is 9.86.